The lowest BCUT2D eigenvalue weighted by atomic mass is 10.0. The number of nitrogens with zero attached hydrogens (tertiary/aromatic N) is 2. The maximum Gasteiger partial charge on any atom is 0.165 e. The molecule has 4 nitrogen and oxygen atoms in total. The van der Waals surface area contributed by atoms with Gasteiger partial charge in [0, 0.05) is 24.7 Å². The summed E-state index contributed by atoms with van der Waals surface area (Å²) in [6.45, 7) is 1.94. The third-order valence-electron chi connectivity index (χ3n) is 3.88. The largest absolute Gasteiger partial charge is 0.469 e. The van der Waals surface area contributed by atoms with Gasteiger partial charge >= 0.3 is 0 Å². The zero-order chi connectivity index (χ0) is 13.2. The quantitative estimate of drug-likeness (QED) is 0.910. The SMILES string of the molecule is CNc1cc(C2CCCC2)nc(-c2ccoc2C)n1. The summed E-state index contributed by atoms with van der Waals surface area (Å²) in [6.07, 6.45) is 6.79. The van der Waals surface area contributed by atoms with E-state index in [1.165, 1.54) is 25.7 Å². The molecule has 3 rings (SSSR count). The Hall–Kier alpha value is -1.84. The van der Waals surface area contributed by atoms with Crippen molar-refractivity contribution in [2.24, 2.45) is 0 Å². The molecule has 1 saturated carbocycles. The molecule has 0 saturated heterocycles. The van der Waals surface area contributed by atoms with Crippen molar-refractivity contribution >= 4 is 5.82 Å². The smallest absolute Gasteiger partial charge is 0.165 e. The van der Waals surface area contributed by atoms with Crippen molar-refractivity contribution in [1.29, 1.82) is 0 Å². The highest BCUT2D eigenvalue weighted by Crippen LogP contribution is 2.35. The fraction of sp³-hybridized carbons (Fsp3) is 0.467. The van der Waals surface area contributed by atoms with Gasteiger partial charge in [-0.1, -0.05) is 12.8 Å². The number of furan rings is 1. The number of hydrogen-bond donors (Lipinski definition) is 1. The Morgan fingerprint density at radius 2 is 2.05 bits per heavy atom. The highest BCUT2D eigenvalue weighted by Gasteiger charge is 2.20. The number of anilines is 1. The number of nitrogens with one attached hydrogen (secondary N) is 1. The molecule has 1 fully saturated rings. The van der Waals surface area contributed by atoms with Gasteiger partial charge in [0.05, 0.1) is 11.8 Å². The molecular formula is C15H19N3O. The molecule has 0 bridgehead atoms. The Morgan fingerprint density at radius 3 is 2.68 bits per heavy atom. The second-order valence-corrected chi connectivity index (χ2v) is 5.12. The van der Waals surface area contributed by atoms with Gasteiger partial charge in [-0.25, -0.2) is 9.97 Å². The minimum absolute atomic E-state index is 0.584. The lowest BCUT2D eigenvalue weighted by molar-refractivity contribution is 0.535. The zero-order valence-corrected chi connectivity index (χ0v) is 11.4. The second-order valence-electron chi connectivity index (χ2n) is 5.12. The van der Waals surface area contributed by atoms with Crippen LogP contribution in [0, 0.1) is 6.92 Å². The number of aromatic nitrogens is 2. The minimum atomic E-state index is 0.584. The first-order valence-electron chi connectivity index (χ1n) is 6.89. The Bertz CT molecular complexity index is 571. The highest BCUT2D eigenvalue weighted by atomic mass is 16.3. The summed E-state index contributed by atoms with van der Waals surface area (Å²) in [6, 6.07) is 4.01. The van der Waals surface area contributed by atoms with Crippen LogP contribution in [-0.2, 0) is 0 Å². The van der Waals surface area contributed by atoms with Gasteiger partial charge < -0.3 is 9.73 Å². The fourth-order valence-electron chi connectivity index (χ4n) is 2.76. The van der Waals surface area contributed by atoms with E-state index >= 15 is 0 Å². The summed E-state index contributed by atoms with van der Waals surface area (Å²) < 4.78 is 5.36. The van der Waals surface area contributed by atoms with Gasteiger partial charge in [-0.15, -0.1) is 0 Å². The molecule has 19 heavy (non-hydrogen) atoms. The van der Waals surface area contributed by atoms with Gasteiger partial charge in [-0.3, -0.25) is 0 Å². The molecule has 2 aromatic rings. The average molecular weight is 257 g/mol. The zero-order valence-electron chi connectivity index (χ0n) is 11.4. The van der Waals surface area contributed by atoms with E-state index in [-0.39, 0.29) is 0 Å². The Kier molecular flexibility index (Phi) is 3.23. The van der Waals surface area contributed by atoms with Crippen LogP contribution in [0.15, 0.2) is 22.8 Å². The van der Waals surface area contributed by atoms with Crippen molar-refractivity contribution in [1.82, 2.24) is 9.97 Å². The van der Waals surface area contributed by atoms with Crippen molar-refractivity contribution in [2.45, 2.75) is 38.5 Å². The molecule has 2 heterocycles. The lowest BCUT2D eigenvalue weighted by Crippen LogP contribution is -2.03. The highest BCUT2D eigenvalue weighted by molar-refractivity contribution is 5.59. The van der Waals surface area contributed by atoms with E-state index in [9.17, 15) is 0 Å². The van der Waals surface area contributed by atoms with E-state index in [1.54, 1.807) is 6.26 Å². The first kappa shape index (κ1) is 12.2. The molecule has 1 N–H and O–H groups in total. The summed E-state index contributed by atoms with van der Waals surface area (Å²) >= 11 is 0. The van der Waals surface area contributed by atoms with E-state index in [2.05, 4.69) is 16.4 Å². The molecule has 0 atom stereocenters. The van der Waals surface area contributed by atoms with Gasteiger partial charge in [-0.05, 0) is 25.8 Å². The van der Waals surface area contributed by atoms with Crippen molar-refractivity contribution in [2.75, 3.05) is 12.4 Å². The van der Waals surface area contributed by atoms with Crippen LogP contribution in [-0.4, -0.2) is 17.0 Å². The van der Waals surface area contributed by atoms with E-state index in [1.807, 2.05) is 20.0 Å². The van der Waals surface area contributed by atoms with Gasteiger partial charge in [-0.2, -0.15) is 0 Å². The molecule has 0 aliphatic heterocycles. The average Bonchev–Trinajstić information content (AvgIpc) is 3.09. The second kappa shape index (κ2) is 5.03. The van der Waals surface area contributed by atoms with E-state index in [4.69, 9.17) is 9.40 Å². The summed E-state index contributed by atoms with van der Waals surface area (Å²) in [5.74, 6) is 3.10. The van der Waals surface area contributed by atoms with Gasteiger partial charge in [0.25, 0.3) is 0 Å². The van der Waals surface area contributed by atoms with Crippen LogP contribution in [0.3, 0.4) is 0 Å². The number of aryl methyl sites for hydroxylation is 1. The van der Waals surface area contributed by atoms with Gasteiger partial charge in [0.15, 0.2) is 5.82 Å². The number of hydrogen-bond acceptors (Lipinski definition) is 4. The minimum Gasteiger partial charge on any atom is -0.469 e. The van der Waals surface area contributed by atoms with Crippen LogP contribution in [0.4, 0.5) is 5.82 Å². The summed E-state index contributed by atoms with van der Waals surface area (Å²) in [5, 5.41) is 3.13. The van der Waals surface area contributed by atoms with E-state index in [0.29, 0.717) is 5.92 Å². The lowest BCUT2D eigenvalue weighted by Gasteiger charge is -2.12. The molecule has 100 valence electrons. The summed E-state index contributed by atoms with van der Waals surface area (Å²) in [5.41, 5.74) is 2.14. The van der Waals surface area contributed by atoms with Crippen molar-refractivity contribution in [3.8, 4) is 11.4 Å². The van der Waals surface area contributed by atoms with Crippen LogP contribution in [0.2, 0.25) is 0 Å². The van der Waals surface area contributed by atoms with Crippen LogP contribution < -0.4 is 5.32 Å². The maximum absolute atomic E-state index is 5.36. The molecule has 0 radical (unpaired) electrons. The molecule has 0 unspecified atom stereocenters. The number of rotatable bonds is 3. The fourth-order valence-corrected chi connectivity index (χ4v) is 2.76. The van der Waals surface area contributed by atoms with E-state index < -0.39 is 0 Å². The van der Waals surface area contributed by atoms with Crippen LogP contribution in [0.25, 0.3) is 11.4 Å². The topological polar surface area (TPSA) is 51.0 Å². The van der Waals surface area contributed by atoms with Crippen LogP contribution >= 0.6 is 0 Å². The van der Waals surface area contributed by atoms with Crippen molar-refractivity contribution < 1.29 is 4.42 Å². The van der Waals surface area contributed by atoms with Gasteiger partial charge in [0.1, 0.15) is 11.6 Å². The third kappa shape index (κ3) is 2.35. The molecule has 4 heteroatoms. The molecule has 2 aromatic heterocycles. The molecular weight excluding hydrogens is 238 g/mol. The molecule has 0 amide bonds. The first-order chi connectivity index (χ1) is 9.28. The Labute approximate surface area is 113 Å². The molecule has 1 aliphatic carbocycles. The first-order valence-corrected chi connectivity index (χ1v) is 6.89. The Balaban J connectivity index is 2.04. The predicted molar refractivity (Wildman–Crippen MR) is 75.2 cm³/mol. The molecule has 0 aromatic carbocycles. The Morgan fingerprint density at radius 1 is 1.26 bits per heavy atom. The van der Waals surface area contributed by atoms with Crippen LogP contribution in [0.1, 0.15) is 43.1 Å². The normalized spacial score (nSPS) is 15.9. The monoisotopic (exact) mass is 257 g/mol. The van der Waals surface area contributed by atoms with Crippen molar-refractivity contribution in [3.05, 3.63) is 29.9 Å². The predicted octanol–water partition coefficient (Wildman–Crippen LogP) is 3.74. The third-order valence-corrected chi connectivity index (χ3v) is 3.88. The standard InChI is InChI=1S/C15H19N3O/c1-10-12(7-8-19-10)15-17-13(9-14(16-2)18-15)11-5-3-4-6-11/h7-9,11H,3-6H2,1-2H3,(H,16,17,18). The van der Waals surface area contributed by atoms with Crippen LogP contribution in [0.5, 0.6) is 0 Å². The van der Waals surface area contributed by atoms with Crippen molar-refractivity contribution in [3.63, 3.8) is 0 Å². The molecule has 0 spiro atoms. The van der Waals surface area contributed by atoms with E-state index in [0.717, 1.165) is 28.7 Å². The maximum atomic E-state index is 5.36. The summed E-state index contributed by atoms with van der Waals surface area (Å²) in [4.78, 5) is 9.30. The van der Waals surface area contributed by atoms with Gasteiger partial charge in [0.2, 0.25) is 0 Å². The molecule has 1 aliphatic rings. The summed E-state index contributed by atoms with van der Waals surface area (Å²) in [7, 11) is 1.90.